The Labute approximate surface area is 346 Å². The Morgan fingerprint density at radius 3 is 2.53 bits per heavy atom. The van der Waals surface area contributed by atoms with Crippen LogP contribution in [0.1, 0.15) is 80.9 Å². The third kappa shape index (κ3) is 8.81. The molecule has 0 unspecified atom stereocenters. The SMILES string of the molecule is CC(C)(C)OC(=O)CC[C@@H](CO)NC(=O)c1cccc(CNC(=O)[C@@]23C[C@H]4OC(=O)[C@@H]2N(Cc2ccccc2C=CC(=O)O[C@H]2C(=O)OCC2(C)C)O[C@@H]3[C@H]2OCO[C@H]24)c1. The third-order valence-electron chi connectivity index (χ3n) is 11.3. The zero-order valence-corrected chi connectivity index (χ0v) is 34.2. The van der Waals surface area contributed by atoms with Crippen LogP contribution in [-0.4, -0.2) is 114 Å². The summed E-state index contributed by atoms with van der Waals surface area (Å²) in [4.78, 5) is 85.5. The van der Waals surface area contributed by atoms with Crippen LogP contribution in [0.25, 0.3) is 6.08 Å². The molecule has 60 heavy (non-hydrogen) atoms. The van der Waals surface area contributed by atoms with E-state index in [0.29, 0.717) is 16.7 Å². The van der Waals surface area contributed by atoms with Gasteiger partial charge in [-0.3, -0.25) is 24.0 Å². The van der Waals surface area contributed by atoms with Gasteiger partial charge in [-0.25, -0.2) is 9.59 Å². The number of ether oxygens (including phenoxy) is 6. The molecule has 7 rings (SSSR count). The molecule has 322 valence electrons. The molecule has 2 bridgehead atoms. The summed E-state index contributed by atoms with van der Waals surface area (Å²) in [6, 6.07) is 11.8. The first kappa shape index (κ1) is 42.9. The summed E-state index contributed by atoms with van der Waals surface area (Å²) >= 11 is 0. The van der Waals surface area contributed by atoms with Crippen molar-refractivity contribution in [3.63, 3.8) is 0 Å². The number of hydrogen-bond acceptors (Lipinski definition) is 15. The zero-order chi connectivity index (χ0) is 43.0. The highest BCUT2D eigenvalue weighted by Gasteiger charge is 2.74. The molecule has 1 saturated carbocycles. The number of nitrogens with one attached hydrogen (secondary N) is 2. The molecule has 1 aliphatic carbocycles. The molecule has 17 heteroatoms. The standard InChI is InChI=1S/C43H51N3O14/c1-41(2,3)59-31(49)16-14-28(21-47)45-37(50)26-12-8-9-24(17-26)19-44-40(53)43-18-29-32-33(56-23-55-32)35(43)60-46(34(43)38(51)57-29)20-27-11-7-6-10-25(27)13-15-30(48)58-36-39(52)54-22-42(36,4)5/h6-13,15,17,28-29,32-36,47H,14,16,18-23H2,1-5H3,(H,44,53)(H,45,50)/t28-,29+,32-,33-,34-,35+,36-,43-/m0/s1. The monoisotopic (exact) mass is 833 g/mol. The molecule has 17 nitrogen and oxygen atoms in total. The molecule has 3 N–H and O–H groups in total. The van der Waals surface area contributed by atoms with Crippen LogP contribution in [0.2, 0.25) is 0 Å². The van der Waals surface area contributed by atoms with Gasteiger partial charge in [0.25, 0.3) is 5.91 Å². The van der Waals surface area contributed by atoms with Crippen LogP contribution in [0.4, 0.5) is 0 Å². The van der Waals surface area contributed by atoms with Crippen molar-refractivity contribution < 1.29 is 67.1 Å². The van der Waals surface area contributed by atoms with E-state index in [1.54, 1.807) is 83.1 Å². The van der Waals surface area contributed by atoms with Gasteiger partial charge in [0.2, 0.25) is 12.0 Å². The molecule has 0 radical (unpaired) electrons. The molecule has 4 saturated heterocycles. The van der Waals surface area contributed by atoms with E-state index >= 15 is 0 Å². The molecule has 2 aromatic carbocycles. The number of carbonyl (C=O) groups is 6. The predicted molar refractivity (Wildman–Crippen MR) is 208 cm³/mol. The number of rotatable bonds is 14. The van der Waals surface area contributed by atoms with E-state index < -0.39 is 94.7 Å². The molecule has 8 atom stereocenters. The summed E-state index contributed by atoms with van der Waals surface area (Å²) in [5, 5.41) is 17.1. The molecule has 5 aliphatic rings. The smallest absolute Gasteiger partial charge is 0.348 e. The maximum Gasteiger partial charge on any atom is 0.348 e. The van der Waals surface area contributed by atoms with Crippen molar-refractivity contribution in [2.24, 2.45) is 10.8 Å². The second kappa shape index (κ2) is 17.0. The molecule has 0 aromatic heterocycles. The number of amides is 2. The number of nitrogens with zero attached hydrogens (tertiary/aromatic N) is 1. The van der Waals surface area contributed by atoms with Gasteiger partial charge in [-0.2, -0.15) is 5.06 Å². The number of cyclic esters (lactones) is 1. The highest BCUT2D eigenvalue weighted by Crippen LogP contribution is 2.55. The Morgan fingerprint density at radius 2 is 1.80 bits per heavy atom. The van der Waals surface area contributed by atoms with Crippen molar-refractivity contribution in [2.75, 3.05) is 20.0 Å². The van der Waals surface area contributed by atoms with Gasteiger partial charge in [-0.15, -0.1) is 0 Å². The van der Waals surface area contributed by atoms with Gasteiger partial charge in [-0.1, -0.05) is 50.2 Å². The Morgan fingerprint density at radius 1 is 1.03 bits per heavy atom. The maximum atomic E-state index is 14.6. The lowest BCUT2D eigenvalue weighted by atomic mass is 9.62. The summed E-state index contributed by atoms with van der Waals surface area (Å²) in [6.45, 7) is 8.49. The minimum Gasteiger partial charge on any atom is -0.462 e. The summed E-state index contributed by atoms with van der Waals surface area (Å²) < 4.78 is 33.5. The van der Waals surface area contributed by atoms with Crippen LogP contribution < -0.4 is 10.6 Å². The average Bonchev–Trinajstić information content (AvgIpc) is 3.90. The number of esters is 4. The van der Waals surface area contributed by atoms with Gasteiger partial charge in [0, 0.05) is 36.4 Å². The highest BCUT2D eigenvalue weighted by atomic mass is 16.8. The first-order valence-electron chi connectivity index (χ1n) is 20.0. The Balaban J connectivity index is 1.05. The fourth-order valence-electron chi connectivity index (χ4n) is 8.42. The molecule has 4 aliphatic heterocycles. The lowest BCUT2D eigenvalue weighted by Gasteiger charge is -2.48. The van der Waals surface area contributed by atoms with E-state index in [1.165, 1.54) is 17.2 Å². The van der Waals surface area contributed by atoms with Gasteiger partial charge in [-0.05, 0) is 62.1 Å². The highest BCUT2D eigenvalue weighted by molar-refractivity contribution is 5.95. The number of hydroxylamine groups is 2. The van der Waals surface area contributed by atoms with E-state index in [4.69, 9.17) is 33.3 Å². The van der Waals surface area contributed by atoms with E-state index in [0.717, 1.165) is 0 Å². The normalized spacial score (nSPS) is 28.4. The fraction of sp³-hybridized carbons (Fsp3) is 0.535. The molecule has 5 fully saturated rings. The molecule has 2 amide bonds. The average molecular weight is 834 g/mol. The second-order valence-corrected chi connectivity index (χ2v) is 17.4. The Hall–Kier alpha value is -5.20. The van der Waals surface area contributed by atoms with Crippen molar-refractivity contribution in [1.82, 2.24) is 15.7 Å². The topological polar surface area (TPSA) is 215 Å². The van der Waals surface area contributed by atoms with Crippen molar-refractivity contribution in [2.45, 2.75) is 115 Å². The van der Waals surface area contributed by atoms with Gasteiger partial charge in [0.15, 0.2) is 6.04 Å². The van der Waals surface area contributed by atoms with Crippen LogP contribution in [0.15, 0.2) is 54.6 Å². The predicted octanol–water partition coefficient (Wildman–Crippen LogP) is 2.27. The van der Waals surface area contributed by atoms with Crippen molar-refractivity contribution >= 4 is 41.8 Å². The Kier molecular flexibility index (Phi) is 12.2. The first-order valence-corrected chi connectivity index (χ1v) is 20.0. The molecular formula is C43H51N3O14. The van der Waals surface area contributed by atoms with E-state index in [1.807, 2.05) is 0 Å². The van der Waals surface area contributed by atoms with Gasteiger partial charge in [0.05, 0.1) is 19.2 Å². The van der Waals surface area contributed by atoms with Crippen LogP contribution in [0, 0.1) is 10.8 Å². The van der Waals surface area contributed by atoms with Crippen LogP contribution in [-0.2, 0) is 70.3 Å². The van der Waals surface area contributed by atoms with Crippen LogP contribution in [0.3, 0.4) is 0 Å². The lowest BCUT2D eigenvalue weighted by molar-refractivity contribution is -0.201. The Bertz CT molecular complexity index is 2050. The molecule has 2 aromatic rings. The van der Waals surface area contributed by atoms with E-state index in [-0.39, 0.29) is 57.9 Å². The summed E-state index contributed by atoms with van der Waals surface area (Å²) in [7, 11) is 0. The lowest BCUT2D eigenvalue weighted by Crippen LogP contribution is -2.69. The number of fused-ring (bicyclic) bond motifs is 4. The quantitative estimate of drug-likeness (QED) is 0.142. The molecule has 4 heterocycles. The summed E-state index contributed by atoms with van der Waals surface area (Å²) in [5.41, 5.74) is -0.688. The summed E-state index contributed by atoms with van der Waals surface area (Å²) in [6.07, 6.45) is -1.09. The van der Waals surface area contributed by atoms with E-state index in [2.05, 4.69) is 10.6 Å². The van der Waals surface area contributed by atoms with Gasteiger partial charge in [0.1, 0.15) is 48.8 Å². The number of aliphatic hydroxyl groups excluding tert-OH is 1. The molecular weight excluding hydrogens is 782 g/mol. The van der Waals surface area contributed by atoms with Crippen molar-refractivity contribution in [3.8, 4) is 0 Å². The zero-order valence-electron chi connectivity index (χ0n) is 34.2. The minimum atomic E-state index is -1.45. The van der Waals surface area contributed by atoms with Crippen molar-refractivity contribution in [1.29, 1.82) is 0 Å². The third-order valence-corrected chi connectivity index (χ3v) is 11.3. The number of hydrogen-bond donors (Lipinski definition) is 3. The number of carbonyl (C=O) groups excluding carboxylic acids is 6. The fourth-order valence-corrected chi connectivity index (χ4v) is 8.42. The number of benzene rings is 2. The summed E-state index contributed by atoms with van der Waals surface area (Å²) in [5.74, 6) is -3.39. The van der Waals surface area contributed by atoms with Gasteiger partial charge >= 0.3 is 23.9 Å². The second-order valence-electron chi connectivity index (χ2n) is 17.4. The van der Waals surface area contributed by atoms with Crippen LogP contribution in [0.5, 0.6) is 0 Å². The van der Waals surface area contributed by atoms with Crippen LogP contribution >= 0.6 is 0 Å². The largest absolute Gasteiger partial charge is 0.462 e. The van der Waals surface area contributed by atoms with Crippen molar-refractivity contribution in [3.05, 3.63) is 76.9 Å². The van der Waals surface area contributed by atoms with E-state index in [9.17, 15) is 33.9 Å². The minimum absolute atomic E-state index is 0.00608. The molecule has 0 spiro atoms. The number of aliphatic hydroxyl groups is 1. The maximum absolute atomic E-state index is 14.6. The first-order chi connectivity index (χ1) is 28.5. The van der Waals surface area contributed by atoms with Gasteiger partial charge < -0.3 is 44.2 Å².